The Kier molecular flexibility index (Phi) is 6.57. The number of halogens is 1. The number of rotatable bonds is 7. The van der Waals surface area contributed by atoms with Gasteiger partial charge in [0.15, 0.2) is 0 Å². The van der Waals surface area contributed by atoms with Crippen molar-refractivity contribution in [3.63, 3.8) is 0 Å². The standard InChI is InChI=1S/C11H22ClNO/c1-2-3-8-14-9-7-13-6-4-5-11(13)10-12/h11H,2-10H2,1H3. The molecule has 1 aliphatic rings. The third-order valence-electron chi connectivity index (χ3n) is 2.84. The number of likely N-dealkylation sites (tertiary alicyclic amines) is 1. The Morgan fingerprint density at radius 1 is 1.43 bits per heavy atom. The Morgan fingerprint density at radius 2 is 2.29 bits per heavy atom. The van der Waals surface area contributed by atoms with Gasteiger partial charge in [0.25, 0.3) is 0 Å². The molecule has 1 saturated heterocycles. The highest BCUT2D eigenvalue weighted by atomic mass is 35.5. The summed E-state index contributed by atoms with van der Waals surface area (Å²) in [6, 6.07) is 0.603. The van der Waals surface area contributed by atoms with Crippen LogP contribution in [-0.4, -0.2) is 43.1 Å². The number of unbranched alkanes of at least 4 members (excludes halogenated alkanes) is 1. The van der Waals surface area contributed by atoms with E-state index in [0.29, 0.717) is 6.04 Å². The van der Waals surface area contributed by atoms with Gasteiger partial charge < -0.3 is 4.74 Å². The molecule has 1 fully saturated rings. The maximum absolute atomic E-state index is 5.88. The molecule has 14 heavy (non-hydrogen) atoms. The van der Waals surface area contributed by atoms with Crippen molar-refractivity contribution >= 4 is 11.6 Å². The van der Waals surface area contributed by atoms with E-state index in [-0.39, 0.29) is 0 Å². The van der Waals surface area contributed by atoms with E-state index < -0.39 is 0 Å². The van der Waals surface area contributed by atoms with Gasteiger partial charge in [-0.25, -0.2) is 0 Å². The maximum atomic E-state index is 5.88. The van der Waals surface area contributed by atoms with Crippen LogP contribution < -0.4 is 0 Å². The molecule has 1 atom stereocenters. The van der Waals surface area contributed by atoms with E-state index >= 15 is 0 Å². The number of ether oxygens (including phenoxy) is 1. The molecule has 0 aromatic rings. The van der Waals surface area contributed by atoms with Crippen LogP contribution >= 0.6 is 11.6 Å². The zero-order chi connectivity index (χ0) is 10.2. The van der Waals surface area contributed by atoms with Crippen molar-refractivity contribution in [2.24, 2.45) is 0 Å². The summed E-state index contributed by atoms with van der Waals surface area (Å²) in [4.78, 5) is 2.46. The van der Waals surface area contributed by atoms with Crippen LogP contribution in [0.3, 0.4) is 0 Å². The SMILES string of the molecule is CCCCOCCN1CCCC1CCl. The Labute approximate surface area is 92.6 Å². The van der Waals surface area contributed by atoms with Gasteiger partial charge in [-0.15, -0.1) is 11.6 Å². The number of hydrogen-bond acceptors (Lipinski definition) is 2. The quantitative estimate of drug-likeness (QED) is 0.482. The minimum atomic E-state index is 0.603. The molecule has 3 heteroatoms. The topological polar surface area (TPSA) is 12.5 Å². The second-order valence-corrected chi connectivity index (χ2v) is 4.26. The molecule has 0 bridgehead atoms. The maximum Gasteiger partial charge on any atom is 0.0593 e. The van der Waals surface area contributed by atoms with Gasteiger partial charge in [0.2, 0.25) is 0 Å². The van der Waals surface area contributed by atoms with Crippen LogP contribution in [0.4, 0.5) is 0 Å². The predicted molar refractivity (Wildman–Crippen MR) is 61.0 cm³/mol. The smallest absolute Gasteiger partial charge is 0.0593 e. The highest BCUT2D eigenvalue weighted by Gasteiger charge is 2.22. The van der Waals surface area contributed by atoms with E-state index in [2.05, 4.69) is 11.8 Å². The van der Waals surface area contributed by atoms with Crippen LogP contribution in [0.15, 0.2) is 0 Å². The molecule has 2 nitrogen and oxygen atoms in total. The number of hydrogen-bond donors (Lipinski definition) is 0. The van der Waals surface area contributed by atoms with Gasteiger partial charge in [-0.2, -0.15) is 0 Å². The Hall–Kier alpha value is 0.210. The molecule has 0 radical (unpaired) electrons. The van der Waals surface area contributed by atoms with Crippen LogP contribution in [0.1, 0.15) is 32.6 Å². The van der Waals surface area contributed by atoms with Crippen molar-refractivity contribution in [3.05, 3.63) is 0 Å². The lowest BCUT2D eigenvalue weighted by Crippen LogP contribution is -2.33. The average Bonchev–Trinajstić information content (AvgIpc) is 2.65. The molecular weight excluding hydrogens is 198 g/mol. The van der Waals surface area contributed by atoms with Crippen molar-refractivity contribution in [1.29, 1.82) is 0 Å². The molecule has 1 unspecified atom stereocenters. The van der Waals surface area contributed by atoms with Gasteiger partial charge in [0.05, 0.1) is 6.61 Å². The van der Waals surface area contributed by atoms with Crippen LogP contribution in [0.5, 0.6) is 0 Å². The van der Waals surface area contributed by atoms with Crippen molar-refractivity contribution in [3.8, 4) is 0 Å². The summed E-state index contributed by atoms with van der Waals surface area (Å²) in [5, 5.41) is 0. The third kappa shape index (κ3) is 4.16. The molecule has 1 heterocycles. The van der Waals surface area contributed by atoms with E-state index in [1.807, 2.05) is 0 Å². The van der Waals surface area contributed by atoms with Gasteiger partial charge in [-0.3, -0.25) is 4.90 Å². The van der Waals surface area contributed by atoms with Gasteiger partial charge in [-0.1, -0.05) is 13.3 Å². The molecule has 0 saturated carbocycles. The lowest BCUT2D eigenvalue weighted by atomic mass is 10.2. The molecular formula is C11H22ClNO. The van der Waals surface area contributed by atoms with E-state index in [9.17, 15) is 0 Å². The zero-order valence-corrected chi connectivity index (χ0v) is 9.93. The molecule has 84 valence electrons. The normalized spacial score (nSPS) is 23.1. The van der Waals surface area contributed by atoms with Crippen LogP contribution in [0.25, 0.3) is 0 Å². The molecule has 0 amide bonds. The summed E-state index contributed by atoms with van der Waals surface area (Å²) in [6.45, 7) is 6.23. The van der Waals surface area contributed by atoms with Crippen molar-refractivity contribution in [2.75, 3.05) is 32.2 Å². The molecule has 1 rings (SSSR count). The van der Waals surface area contributed by atoms with Gasteiger partial charge >= 0.3 is 0 Å². The van der Waals surface area contributed by atoms with E-state index in [1.54, 1.807) is 0 Å². The molecule has 0 aromatic carbocycles. The largest absolute Gasteiger partial charge is 0.380 e. The Bertz CT molecular complexity index is 143. The minimum Gasteiger partial charge on any atom is -0.380 e. The summed E-state index contributed by atoms with van der Waals surface area (Å²) in [5.41, 5.74) is 0. The monoisotopic (exact) mass is 219 g/mol. The third-order valence-corrected chi connectivity index (χ3v) is 3.20. The summed E-state index contributed by atoms with van der Waals surface area (Å²) >= 11 is 5.88. The first kappa shape index (κ1) is 12.3. The van der Waals surface area contributed by atoms with Gasteiger partial charge in [0.1, 0.15) is 0 Å². The van der Waals surface area contributed by atoms with Crippen LogP contribution in [-0.2, 0) is 4.74 Å². The second-order valence-electron chi connectivity index (χ2n) is 3.95. The highest BCUT2D eigenvalue weighted by molar-refractivity contribution is 6.18. The van der Waals surface area contributed by atoms with E-state index in [4.69, 9.17) is 16.3 Å². The second kappa shape index (κ2) is 7.49. The first-order valence-corrected chi connectivity index (χ1v) is 6.29. The van der Waals surface area contributed by atoms with Crippen molar-refractivity contribution in [1.82, 2.24) is 4.90 Å². The summed E-state index contributed by atoms with van der Waals surface area (Å²) in [6.07, 6.45) is 4.96. The fourth-order valence-electron chi connectivity index (χ4n) is 1.89. The summed E-state index contributed by atoms with van der Waals surface area (Å²) in [7, 11) is 0. The lowest BCUT2D eigenvalue weighted by molar-refractivity contribution is 0.100. The summed E-state index contributed by atoms with van der Waals surface area (Å²) in [5.74, 6) is 0.773. The minimum absolute atomic E-state index is 0.603. The number of alkyl halides is 1. The van der Waals surface area contributed by atoms with Crippen LogP contribution in [0.2, 0.25) is 0 Å². The fourth-order valence-corrected chi connectivity index (χ4v) is 2.24. The Morgan fingerprint density at radius 3 is 3.00 bits per heavy atom. The van der Waals surface area contributed by atoms with Gasteiger partial charge in [0, 0.05) is 25.1 Å². The average molecular weight is 220 g/mol. The first-order valence-electron chi connectivity index (χ1n) is 5.76. The lowest BCUT2D eigenvalue weighted by Gasteiger charge is -2.22. The molecule has 0 N–H and O–H groups in total. The van der Waals surface area contributed by atoms with E-state index in [1.165, 1.54) is 32.2 Å². The molecule has 1 aliphatic heterocycles. The molecule has 0 spiro atoms. The van der Waals surface area contributed by atoms with E-state index in [0.717, 1.165) is 25.6 Å². The first-order chi connectivity index (χ1) is 6.88. The van der Waals surface area contributed by atoms with Crippen LogP contribution in [0, 0.1) is 0 Å². The number of nitrogens with zero attached hydrogens (tertiary/aromatic N) is 1. The van der Waals surface area contributed by atoms with Gasteiger partial charge in [-0.05, 0) is 25.8 Å². The highest BCUT2D eigenvalue weighted by Crippen LogP contribution is 2.17. The molecule has 0 aliphatic carbocycles. The molecule has 0 aromatic heterocycles. The van der Waals surface area contributed by atoms with Crippen molar-refractivity contribution < 1.29 is 4.74 Å². The Balaban J connectivity index is 2.00. The van der Waals surface area contributed by atoms with Crippen molar-refractivity contribution in [2.45, 2.75) is 38.6 Å². The zero-order valence-electron chi connectivity index (χ0n) is 9.17. The summed E-state index contributed by atoms with van der Waals surface area (Å²) < 4.78 is 5.54. The predicted octanol–water partition coefficient (Wildman–Crippen LogP) is 2.51. The fraction of sp³-hybridized carbons (Fsp3) is 1.00.